The monoisotopic (exact) mass is 375 g/mol. The highest BCUT2D eigenvalue weighted by molar-refractivity contribution is 6.31. The van der Waals surface area contributed by atoms with E-state index < -0.39 is 0 Å². The molecular weight excluding hydrogens is 354 g/mol. The summed E-state index contributed by atoms with van der Waals surface area (Å²) in [5.41, 5.74) is 7.96. The number of carbonyl (C=O) groups excluding carboxylic acids is 2. The zero-order chi connectivity index (χ0) is 18.9. The Kier molecular flexibility index (Phi) is 7.29. The quantitative estimate of drug-likeness (QED) is 0.618. The fraction of sp³-hybridized carbons (Fsp3) is 0.263. The van der Waals surface area contributed by atoms with Crippen LogP contribution in [0.3, 0.4) is 0 Å². The number of ether oxygens (including phenoxy) is 1. The van der Waals surface area contributed by atoms with Gasteiger partial charge in [0.2, 0.25) is 11.8 Å². The molecule has 0 saturated heterocycles. The van der Waals surface area contributed by atoms with Gasteiger partial charge in [0, 0.05) is 30.1 Å². The number of methoxy groups -OCH3 is 1. The predicted molar refractivity (Wildman–Crippen MR) is 103 cm³/mol. The molecular formula is C19H22ClN3O3. The van der Waals surface area contributed by atoms with Crippen LogP contribution in [-0.4, -0.2) is 25.5 Å². The van der Waals surface area contributed by atoms with E-state index in [2.05, 4.69) is 10.6 Å². The van der Waals surface area contributed by atoms with Gasteiger partial charge < -0.3 is 21.1 Å². The van der Waals surface area contributed by atoms with Crippen LogP contribution in [0.1, 0.15) is 18.4 Å². The summed E-state index contributed by atoms with van der Waals surface area (Å²) < 4.78 is 5.17. The maximum Gasteiger partial charge on any atom is 0.226 e. The molecule has 0 aliphatic rings. The second-order valence-electron chi connectivity index (χ2n) is 5.69. The molecule has 0 saturated carbocycles. The van der Waals surface area contributed by atoms with Gasteiger partial charge in [-0.25, -0.2) is 0 Å². The predicted octanol–water partition coefficient (Wildman–Crippen LogP) is 3.01. The first-order valence-corrected chi connectivity index (χ1v) is 8.61. The molecule has 26 heavy (non-hydrogen) atoms. The van der Waals surface area contributed by atoms with Crippen LogP contribution in [0.4, 0.5) is 11.4 Å². The highest BCUT2D eigenvalue weighted by Crippen LogP contribution is 2.27. The first kappa shape index (κ1) is 19.6. The minimum absolute atomic E-state index is 0.124. The maximum absolute atomic E-state index is 12.0. The average molecular weight is 376 g/mol. The molecule has 0 aliphatic heterocycles. The highest BCUT2D eigenvalue weighted by atomic mass is 35.5. The molecule has 0 heterocycles. The van der Waals surface area contributed by atoms with Gasteiger partial charge in [0.15, 0.2) is 0 Å². The molecule has 0 unspecified atom stereocenters. The first-order valence-electron chi connectivity index (χ1n) is 8.23. The molecule has 0 atom stereocenters. The molecule has 0 aromatic heterocycles. The zero-order valence-electron chi connectivity index (χ0n) is 14.5. The molecule has 0 spiro atoms. The van der Waals surface area contributed by atoms with Crippen molar-refractivity contribution in [2.24, 2.45) is 0 Å². The van der Waals surface area contributed by atoms with E-state index in [-0.39, 0.29) is 24.8 Å². The third kappa shape index (κ3) is 5.97. The summed E-state index contributed by atoms with van der Waals surface area (Å²) in [5.74, 6) is 0.159. The van der Waals surface area contributed by atoms with E-state index in [9.17, 15) is 9.59 Å². The maximum atomic E-state index is 12.0. The van der Waals surface area contributed by atoms with Crippen LogP contribution in [0.5, 0.6) is 5.75 Å². The molecule has 0 fully saturated rings. The van der Waals surface area contributed by atoms with E-state index in [0.717, 1.165) is 5.56 Å². The number of nitrogens with two attached hydrogens (primary N) is 1. The number of aryl methyl sites for hydroxylation is 1. The molecule has 6 nitrogen and oxygen atoms in total. The average Bonchev–Trinajstić information content (AvgIpc) is 2.61. The third-order valence-electron chi connectivity index (χ3n) is 3.79. The normalized spacial score (nSPS) is 10.2. The van der Waals surface area contributed by atoms with Crippen molar-refractivity contribution in [3.63, 3.8) is 0 Å². The Labute approximate surface area is 157 Å². The van der Waals surface area contributed by atoms with E-state index >= 15 is 0 Å². The Bertz CT molecular complexity index is 780. The standard InChI is InChI=1S/C19H22ClN3O3/c1-26-17-8-7-14(20)12-16(17)23-19(25)10-11-22-18(24)9-6-13-4-2-3-5-15(13)21/h2-5,7-8,12H,6,9-11,21H2,1H3,(H,22,24)(H,23,25). The summed E-state index contributed by atoms with van der Waals surface area (Å²) in [6.07, 6.45) is 1.03. The molecule has 0 aliphatic carbocycles. The summed E-state index contributed by atoms with van der Waals surface area (Å²) in [4.78, 5) is 23.9. The van der Waals surface area contributed by atoms with Gasteiger partial charge in [-0.1, -0.05) is 29.8 Å². The van der Waals surface area contributed by atoms with E-state index in [1.807, 2.05) is 24.3 Å². The van der Waals surface area contributed by atoms with Crippen LogP contribution < -0.4 is 21.1 Å². The van der Waals surface area contributed by atoms with Gasteiger partial charge in [0.25, 0.3) is 0 Å². The fourth-order valence-corrected chi connectivity index (χ4v) is 2.58. The molecule has 2 rings (SSSR count). The summed E-state index contributed by atoms with van der Waals surface area (Å²) in [5, 5.41) is 5.95. The number of nitrogens with one attached hydrogen (secondary N) is 2. The number of hydrogen-bond acceptors (Lipinski definition) is 4. The van der Waals surface area contributed by atoms with Gasteiger partial charge in [0.05, 0.1) is 12.8 Å². The lowest BCUT2D eigenvalue weighted by atomic mass is 10.1. The SMILES string of the molecule is COc1ccc(Cl)cc1NC(=O)CCNC(=O)CCc1ccccc1N. The van der Waals surface area contributed by atoms with Crippen molar-refractivity contribution >= 4 is 34.8 Å². The number of hydrogen-bond donors (Lipinski definition) is 3. The smallest absolute Gasteiger partial charge is 0.226 e. The molecule has 0 bridgehead atoms. The van der Waals surface area contributed by atoms with Crippen LogP contribution in [0.15, 0.2) is 42.5 Å². The Morgan fingerprint density at radius 3 is 2.62 bits per heavy atom. The lowest BCUT2D eigenvalue weighted by Gasteiger charge is -2.11. The van der Waals surface area contributed by atoms with Crippen LogP contribution in [0, 0.1) is 0 Å². The van der Waals surface area contributed by atoms with Crippen molar-refractivity contribution in [1.29, 1.82) is 0 Å². The van der Waals surface area contributed by atoms with Crippen molar-refractivity contribution in [2.45, 2.75) is 19.3 Å². The van der Waals surface area contributed by atoms with Crippen molar-refractivity contribution in [2.75, 3.05) is 24.7 Å². The number of halogens is 1. The fourth-order valence-electron chi connectivity index (χ4n) is 2.40. The Morgan fingerprint density at radius 2 is 1.88 bits per heavy atom. The summed E-state index contributed by atoms with van der Waals surface area (Å²) in [7, 11) is 1.51. The van der Waals surface area contributed by atoms with Crippen LogP contribution in [0.25, 0.3) is 0 Å². The molecule has 138 valence electrons. The van der Waals surface area contributed by atoms with Crippen molar-refractivity contribution in [1.82, 2.24) is 5.32 Å². The minimum Gasteiger partial charge on any atom is -0.495 e. The van der Waals surface area contributed by atoms with E-state index in [1.54, 1.807) is 18.2 Å². The van der Waals surface area contributed by atoms with Gasteiger partial charge >= 0.3 is 0 Å². The van der Waals surface area contributed by atoms with Gasteiger partial charge in [0.1, 0.15) is 5.75 Å². The molecule has 4 N–H and O–H groups in total. The molecule has 2 amide bonds. The van der Waals surface area contributed by atoms with Crippen molar-refractivity contribution in [3.05, 3.63) is 53.1 Å². The van der Waals surface area contributed by atoms with E-state index in [0.29, 0.717) is 35.0 Å². The van der Waals surface area contributed by atoms with E-state index in [4.69, 9.17) is 22.1 Å². The lowest BCUT2D eigenvalue weighted by molar-refractivity contribution is -0.121. The highest BCUT2D eigenvalue weighted by Gasteiger charge is 2.09. The second-order valence-corrected chi connectivity index (χ2v) is 6.13. The number of benzene rings is 2. The minimum atomic E-state index is -0.238. The largest absolute Gasteiger partial charge is 0.495 e. The Morgan fingerprint density at radius 1 is 1.12 bits per heavy atom. The van der Waals surface area contributed by atoms with Crippen molar-refractivity contribution in [3.8, 4) is 5.75 Å². The van der Waals surface area contributed by atoms with Gasteiger partial charge in [-0.2, -0.15) is 0 Å². The molecule has 2 aromatic carbocycles. The zero-order valence-corrected chi connectivity index (χ0v) is 15.3. The number of para-hydroxylation sites is 1. The number of carbonyl (C=O) groups is 2. The first-order chi connectivity index (χ1) is 12.5. The van der Waals surface area contributed by atoms with Gasteiger partial charge in [-0.3, -0.25) is 9.59 Å². The van der Waals surface area contributed by atoms with Gasteiger partial charge in [-0.15, -0.1) is 0 Å². The lowest BCUT2D eigenvalue weighted by Crippen LogP contribution is -2.27. The Balaban J connectivity index is 1.73. The van der Waals surface area contributed by atoms with E-state index in [1.165, 1.54) is 7.11 Å². The topological polar surface area (TPSA) is 93.5 Å². The number of anilines is 2. The Hall–Kier alpha value is -2.73. The third-order valence-corrected chi connectivity index (χ3v) is 4.02. The summed E-state index contributed by atoms with van der Waals surface area (Å²) in [6.45, 7) is 0.248. The second kappa shape index (κ2) is 9.68. The number of rotatable bonds is 8. The van der Waals surface area contributed by atoms with Crippen LogP contribution >= 0.6 is 11.6 Å². The number of nitrogen functional groups attached to an aromatic ring is 1. The number of amides is 2. The van der Waals surface area contributed by atoms with Gasteiger partial charge in [-0.05, 0) is 36.2 Å². The molecule has 7 heteroatoms. The van der Waals surface area contributed by atoms with Crippen LogP contribution in [-0.2, 0) is 16.0 Å². The molecule has 0 radical (unpaired) electrons. The molecule has 2 aromatic rings. The summed E-state index contributed by atoms with van der Waals surface area (Å²) >= 11 is 5.93. The van der Waals surface area contributed by atoms with Crippen molar-refractivity contribution < 1.29 is 14.3 Å². The summed E-state index contributed by atoms with van der Waals surface area (Å²) in [6, 6.07) is 12.4. The van der Waals surface area contributed by atoms with Crippen LogP contribution in [0.2, 0.25) is 5.02 Å².